The van der Waals surface area contributed by atoms with E-state index in [4.69, 9.17) is 10.9 Å². The van der Waals surface area contributed by atoms with Crippen LogP contribution in [0.15, 0.2) is 39.6 Å². The minimum Gasteiger partial charge on any atom is -0.409 e. The van der Waals surface area contributed by atoms with Crippen LogP contribution in [-0.2, 0) is 0 Å². The van der Waals surface area contributed by atoms with Crippen LogP contribution in [0.1, 0.15) is 32.6 Å². The van der Waals surface area contributed by atoms with Crippen LogP contribution in [-0.4, -0.2) is 11.0 Å². The zero-order valence-electron chi connectivity index (χ0n) is 10.5. The van der Waals surface area contributed by atoms with E-state index in [1.165, 1.54) is 23.1 Å². The lowest BCUT2D eigenvalue weighted by molar-refractivity contribution is 0.314. The predicted molar refractivity (Wildman–Crippen MR) is 75.0 cm³/mol. The molecule has 0 saturated heterocycles. The lowest BCUT2D eigenvalue weighted by Gasteiger charge is -2.19. The summed E-state index contributed by atoms with van der Waals surface area (Å²) >= 11 is 0. The molecule has 4 heteroatoms. The van der Waals surface area contributed by atoms with Crippen LogP contribution in [0.4, 0.5) is 0 Å². The Labute approximate surface area is 114 Å². The summed E-state index contributed by atoms with van der Waals surface area (Å²) in [4.78, 5) is 0. The molecule has 2 unspecified atom stereocenters. The molecule has 98 valence electrons. The highest BCUT2D eigenvalue weighted by Crippen LogP contribution is 2.47. The third-order valence-electron chi connectivity index (χ3n) is 4.37. The lowest BCUT2D eigenvalue weighted by atomic mass is 9.86. The SMILES string of the molecule is CC1C=CC2=C1CCC1=C2CC(C(N)=NO)C1.Cl. The molecular weight excluding hydrogens is 248 g/mol. The van der Waals surface area contributed by atoms with E-state index in [1.807, 2.05) is 0 Å². The third-order valence-corrected chi connectivity index (χ3v) is 4.37. The molecule has 18 heavy (non-hydrogen) atoms. The molecule has 0 radical (unpaired) electrons. The smallest absolute Gasteiger partial charge is 0.142 e. The highest BCUT2D eigenvalue weighted by Gasteiger charge is 2.33. The van der Waals surface area contributed by atoms with Gasteiger partial charge in [0.05, 0.1) is 0 Å². The van der Waals surface area contributed by atoms with E-state index >= 15 is 0 Å². The maximum atomic E-state index is 8.78. The fourth-order valence-corrected chi connectivity index (χ4v) is 3.38. The first-order valence-corrected chi connectivity index (χ1v) is 6.30. The maximum absolute atomic E-state index is 8.78. The van der Waals surface area contributed by atoms with Gasteiger partial charge in [0.15, 0.2) is 0 Å². The van der Waals surface area contributed by atoms with Gasteiger partial charge in [-0.2, -0.15) is 0 Å². The van der Waals surface area contributed by atoms with Crippen molar-refractivity contribution in [3.05, 3.63) is 34.4 Å². The van der Waals surface area contributed by atoms with Crippen molar-refractivity contribution in [2.24, 2.45) is 22.7 Å². The number of hydrogen-bond donors (Lipinski definition) is 2. The number of allylic oxidation sites excluding steroid dienone is 6. The monoisotopic (exact) mass is 266 g/mol. The molecule has 0 aromatic rings. The van der Waals surface area contributed by atoms with Crippen molar-refractivity contribution in [3.63, 3.8) is 0 Å². The largest absolute Gasteiger partial charge is 0.409 e. The van der Waals surface area contributed by atoms with Gasteiger partial charge >= 0.3 is 0 Å². The number of amidine groups is 1. The number of fused-ring (bicyclic) bond motifs is 1. The van der Waals surface area contributed by atoms with Gasteiger partial charge in [0, 0.05) is 5.92 Å². The molecule has 0 aliphatic heterocycles. The zero-order valence-corrected chi connectivity index (χ0v) is 11.3. The predicted octanol–water partition coefficient (Wildman–Crippen LogP) is 3.16. The van der Waals surface area contributed by atoms with Crippen LogP contribution in [0.5, 0.6) is 0 Å². The lowest BCUT2D eigenvalue weighted by Crippen LogP contribution is -2.21. The van der Waals surface area contributed by atoms with Crippen LogP contribution in [0.3, 0.4) is 0 Å². The van der Waals surface area contributed by atoms with Crippen molar-refractivity contribution >= 4 is 18.2 Å². The second kappa shape index (κ2) is 4.81. The molecule has 0 spiro atoms. The van der Waals surface area contributed by atoms with Gasteiger partial charge in [0.2, 0.25) is 0 Å². The van der Waals surface area contributed by atoms with E-state index in [1.54, 1.807) is 5.57 Å². The van der Waals surface area contributed by atoms with E-state index in [0.29, 0.717) is 11.8 Å². The molecule has 3 nitrogen and oxygen atoms in total. The molecule has 2 atom stereocenters. The first kappa shape index (κ1) is 13.2. The molecule has 3 N–H and O–H groups in total. The third kappa shape index (κ3) is 1.87. The van der Waals surface area contributed by atoms with E-state index in [-0.39, 0.29) is 18.3 Å². The summed E-state index contributed by atoms with van der Waals surface area (Å²) in [7, 11) is 0. The Morgan fingerprint density at radius 2 is 2.17 bits per heavy atom. The number of nitrogens with two attached hydrogens (primary N) is 1. The van der Waals surface area contributed by atoms with Crippen molar-refractivity contribution in [3.8, 4) is 0 Å². The van der Waals surface area contributed by atoms with Crippen LogP contribution < -0.4 is 5.73 Å². The first-order valence-electron chi connectivity index (χ1n) is 6.30. The van der Waals surface area contributed by atoms with Gasteiger partial charge in [-0.3, -0.25) is 0 Å². The Morgan fingerprint density at radius 1 is 1.39 bits per heavy atom. The van der Waals surface area contributed by atoms with E-state index < -0.39 is 0 Å². The van der Waals surface area contributed by atoms with Gasteiger partial charge in [-0.1, -0.05) is 35.4 Å². The summed E-state index contributed by atoms with van der Waals surface area (Å²) in [5.74, 6) is 1.19. The number of rotatable bonds is 1. The molecule has 3 aliphatic rings. The zero-order chi connectivity index (χ0) is 12.0. The van der Waals surface area contributed by atoms with Crippen molar-refractivity contribution < 1.29 is 5.21 Å². The van der Waals surface area contributed by atoms with Crippen LogP contribution in [0, 0.1) is 11.8 Å². The summed E-state index contributed by atoms with van der Waals surface area (Å²) in [5.41, 5.74) is 11.8. The molecule has 3 rings (SSSR count). The van der Waals surface area contributed by atoms with Gasteiger partial charge in [0.1, 0.15) is 5.84 Å². The summed E-state index contributed by atoms with van der Waals surface area (Å²) in [5, 5.41) is 11.9. The topological polar surface area (TPSA) is 58.6 Å². The van der Waals surface area contributed by atoms with E-state index in [0.717, 1.165) is 19.3 Å². The fraction of sp³-hybridized carbons (Fsp3) is 0.500. The minimum atomic E-state index is 0. The highest BCUT2D eigenvalue weighted by molar-refractivity contribution is 5.85. The Bertz CT molecular complexity index is 488. The van der Waals surface area contributed by atoms with Crippen molar-refractivity contribution in [1.29, 1.82) is 0 Å². The average Bonchev–Trinajstić information content (AvgIpc) is 2.91. The van der Waals surface area contributed by atoms with E-state index in [2.05, 4.69) is 24.2 Å². The first-order chi connectivity index (χ1) is 8.20. The molecule has 0 amide bonds. The highest BCUT2D eigenvalue weighted by atomic mass is 35.5. The van der Waals surface area contributed by atoms with Gasteiger partial charge in [0.25, 0.3) is 0 Å². The molecule has 0 heterocycles. The standard InChI is InChI=1S/C14H18N2O.ClH/c1-8-2-4-12-11(8)5-3-9-6-10(7-13(9)12)14(15)16-17;/h2,4,8,10,17H,3,5-7H2,1H3,(H2,15,16);1H. The molecule has 0 saturated carbocycles. The summed E-state index contributed by atoms with van der Waals surface area (Å²) in [6.45, 7) is 2.26. The van der Waals surface area contributed by atoms with Crippen molar-refractivity contribution in [2.75, 3.05) is 0 Å². The summed E-state index contributed by atoms with van der Waals surface area (Å²) in [6.07, 6.45) is 8.83. The molecule has 0 bridgehead atoms. The number of nitrogens with zero attached hydrogens (tertiary/aromatic N) is 1. The summed E-state index contributed by atoms with van der Waals surface area (Å²) < 4.78 is 0. The fourth-order valence-electron chi connectivity index (χ4n) is 3.38. The number of hydrogen-bond acceptors (Lipinski definition) is 2. The second-order valence-corrected chi connectivity index (χ2v) is 5.30. The Hall–Kier alpha value is -1.22. The van der Waals surface area contributed by atoms with Crippen molar-refractivity contribution in [1.82, 2.24) is 0 Å². The molecule has 3 aliphatic carbocycles. The molecular formula is C14H19ClN2O. The van der Waals surface area contributed by atoms with Crippen LogP contribution in [0.2, 0.25) is 0 Å². The average molecular weight is 267 g/mol. The quantitative estimate of drug-likeness (QED) is 0.331. The Balaban J connectivity index is 0.00000120. The van der Waals surface area contributed by atoms with Gasteiger partial charge < -0.3 is 10.9 Å². The molecule has 0 aromatic heterocycles. The van der Waals surface area contributed by atoms with Crippen molar-refractivity contribution in [2.45, 2.75) is 32.6 Å². The molecule has 0 fully saturated rings. The van der Waals surface area contributed by atoms with Crippen LogP contribution >= 0.6 is 12.4 Å². The van der Waals surface area contributed by atoms with Gasteiger partial charge in [-0.15, -0.1) is 12.4 Å². The Morgan fingerprint density at radius 3 is 2.89 bits per heavy atom. The minimum absolute atomic E-state index is 0. The van der Waals surface area contributed by atoms with Crippen LogP contribution in [0.25, 0.3) is 0 Å². The summed E-state index contributed by atoms with van der Waals surface area (Å²) in [6, 6.07) is 0. The van der Waals surface area contributed by atoms with Gasteiger partial charge in [-0.05, 0) is 42.7 Å². The molecule has 0 aromatic carbocycles. The van der Waals surface area contributed by atoms with E-state index in [9.17, 15) is 0 Å². The second-order valence-electron chi connectivity index (χ2n) is 5.30. The number of oxime groups is 1. The number of halogens is 1. The van der Waals surface area contributed by atoms with Gasteiger partial charge in [-0.25, -0.2) is 0 Å². The maximum Gasteiger partial charge on any atom is 0.142 e. The Kier molecular flexibility index (Phi) is 3.53. The normalized spacial score (nSPS) is 30.4.